The number of halogens is 3. The molecule has 1 fully saturated rings. The number of carbonyl (C=O) groups is 1. The first-order valence-corrected chi connectivity index (χ1v) is 7.94. The Morgan fingerprint density at radius 1 is 1.47 bits per heavy atom. The summed E-state index contributed by atoms with van der Waals surface area (Å²) >= 11 is 8.90. The van der Waals surface area contributed by atoms with Gasteiger partial charge in [-0.15, -0.1) is 0 Å². The minimum atomic E-state index is -3.83. The molecule has 0 aliphatic carbocycles. The third-order valence-corrected chi connectivity index (χ3v) is 5.28. The van der Waals surface area contributed by atoms with Crippen molar-refractivity contribution in [3.63, 3.8) is 0 Å². The molecule has 9 heteroatoms. The van der Waals surface area contributed by atoms with Crippen LogP contribution in [0, 0.1) is 5.82 Å². The van der Waals surface area contributed by atoms with Crippen molar-refractivity contribution in [2.45, 2.75) is 11.7 Å². The van der Waals surface area contributed by atoms with Crippen molar-refractivity contribution in [1.82, 2.24) is 0 Å². The van der Waals surface area contributed by atoms with Crippen LogP contribution in [0.1, 0.15) is 6.42 Å². The molecule has 1 aliphatic heterocycles. The van der Waals surface area contributed by atoms with E-state index in [1.807, 2.05) is 0 Å². The minimum Gasteiger partial charge on any atom is -0.308 e. The number of nitrogens with two attached hydrogens (primary N) is 1. The van der Waals surface area contributed by atoms with Crippen molar-refractivity contribution in [3.05, 3.63) is 27.4 Å². The lowest BCUT2D eigenvalue weighted by molar-refractivity contribution is -0.117. The van der Waals surface area contributed by atoms with E-state index in [4.69, 9.17) is 16.7 Å². The van der Waals surface area contributed by atoms with Crippen molar-refractivity contribution >= 4 is 49.1 Å². The van der Waals surface area contributed by atoms with Crippen LogP contribution in [-0.4, -0.2) is 26.1 Å². The largest absolute Gasteiger partial charge is 0.308 e. The Labute approximate surface area is 122 Å². The third kappa shape index (κ3) is 2.91. The summed E-state index contributed by atoms with van der Waals surface area (Å²) in [6.45, 7) is -0.174. The molecule has 1 atom stereocenters. The molecule has 2 rings (SSSR count). The van der Waals surface area contributed by atoms with Gasteiger partial charge in [0.25, 0.3) is 0 Å². The van der Waals surface area contributed by atoms with Gasteiger partial charge in [0.15, 0.2) is 0 Å². The average Bonchev–Trinajstić information content (AvgIpc) is 2.65. The van der Waals surface area contributed by atoms with Gasteiger partial charge in [-0.2, -0.15) is 0 Å². The molecule has 0 spiro atoms. The number of benzene rings is 1. The molecule has 1 unspecified atom stereocenters. The van der Waals surface area contributed by atoms with Gasteiger partial charge >= 0.3 is 0 Å². The minimum absolute atomic E-state index is 0.0515. The van der Waals surface area contributed by atoms with Gasteiger partial charge in [0.05, 0.1) is 10.7 Å². The molecule has 1 aromatic rings. The van der Waals surface area contributed by atoms with Crippen LogP contribution in [0.5, 0.6) is 0 Å². The predicted molar refractivity (Wildman–Crippen MR) is 73.0 cm³/mol. The SMILES string of the molecule is NS(=O)(=O)C1CC(=O)N(c2cc(Cl)c(Br)cc2F)C1. The highest BCUT2D eigenvalue weighted by molar-refractivity contribution is 9.10. The predicted octanol–water partition coefficient (Wildman–Crippen LogP) is 1.64. The molecule has 19 heavy (non-hydrogen) atoms. The fourth-order valence-corrected chi connectivity index (χ4v) is 3.05. The van der Waals surface area contributed by atoms with E-state index in [1.165, 1.54) is 6.07 Å². The Balaban J connectivity index is 2.39. The lowest BCUT2D eigenvalue weighted by Crippen LogP contribution is -2.32. The monoisotopic (exact) mass is 370 g/mol. The van der Waals surface area contributed by atoms with Gasteiger partial charge in [-0.1, -0.05) is 11.6 Å². The fourth-order valence-electron chi connectivity index (χ4n) is 1.85. The molecule has 5 nitrogen and oxygen atoms in total. The number of hydrogen-bond acceptors (Lipinski definition) is 3. The lowest BCUT2D eigenvalue weighted by atomic mass is 10.3. The molecule has 104 valence electrons. The topological polar surface area (TPSA) is 80.5 Å². The maximum absolute atomic E-state index is 13.8. The second kappa shape index (κ2) is 5.01. The van der Waals surface area contributed by atoms with Crippen molar-refractivity contribution in [2.75, 3.05) is 11.4 Å². The second-order valence-electron chi connectivity index (χ2n) is 4.14. The number of amides is 1. The second-order valence-corrected chi connectivity index (χ2v) is 7.24. The van der Waals surface area contributed by atoms with Crippen LogP contribution in [0.3, 0.4) is 0 Å². The van der Waals surface area contributed by atoms with Gasteiger partial charge in [0.1, 0.15) is 11.1 Å². The van der Waals surface area contributed by atoms with Crippen LogP contribution in [0.15, 0.2) is 16.6 Å². The van der Waals surface area contributed by atoms with E-state index in [-0.39, 0.29) is 23.7 Å². The van der Waals surface area contributed by atoms with Crippen molar-refractivity contribution in [1.29, 1.82) is 0 Å². The van der Waals surface area contributed by atoms with Gasteiger partial charge in [0, 0.05) is 17.4 Å². The van der Waals surface area contributed by atoms with Crippen LogP contribution in [0.2, 0.25) is 5.02 Å². The van der Waals surface area contributed by atoms with Crippen LogP contribution in [0.25, 0.3) is 0 Å². The number of anilines is 1. The Morgan fingerprint density at radius 3 is 2.63 bits per heavy atom. The Bertz CT molecular complexity index is 652. The van der Waals surface area contributed by atoms with Crippen molar-refractivity contribution < 1.29 is 17.6 Å². The molecule has 0 radical (unpaired) electrons. The first-order chi connectivity index (χ1) is 8.70. The standard InChI is InChI=1S/C10H9BrClFN2O3S/c11-6-2-8(13)9(3-7(6)12)15-4-5(1-10(15)16)19(14,17)18/h2-3,5H,1,4H2,(H2,14,17,18). The number of sulfonamides is 1. The summed E-state index contributed by atoms with van der Waals surface area (Å²) in [4.78, 5) is 12.8. The molecular formula is C10H9BrClFN2O3S. The summed E-state index contributed by atoms with van der Waals surface area (Å²) in [5.74, 6) is -1.17. The fraction of sp³-hybridized carbons (Fsp3) is 0.300. The molecule has 1 heterocycles. The molecule has 1 aliphatic rings. The molecule has 1 amide bonds. The number of nitrogens with zero attached hydrogens (tertiary/aromatic N) is 1. The summed E-state index contributed by atoms with van der Waals surface area (Å²) in [7, 11) is -3.83. The molecule has 1 aromatic carbocycles. The van der Waals surface area contributed by atoms with E-state index in [0.29, 0.717) is 4.47 Å². The number of hydrogen-bond donors (Lipinski definition) is 1. The van der Waals surface area contributed by atoms with E-state index in [0.717, 1.165) is 11.0 Å². The first-order valence-electron chi connectivity index (χ1n) is 5.16. The maximum atomic E-state index is 13.8. The van der Waals surface area contributed by atoms with E-state index in [2.05, 4.69) is 15.9 Å². The van der Waals surface area contributed by atoms with Gasteiger partial charge in [-0.25, -0.2) is 17.9 Å². The summed E-state index contributed by atoms with van der Waals surface area (Å²) in [5, 5.41) is 4.20. The van der Waals surface area contributed by atoms with Gasteiger partial charge < -0.3 is 4.90 Å². The summed E-state index contributed by atoms with van der Waals surface area (Å²) in [6.07, 6.45) is -0.258. The van der Waals surface area contributed by atoms with Gasteiger partial charge in [0.2, 0.25) is 15.9 Å². The molecule has 1 saturated heterocycles. The van der Waals surface area contributed by atoms with Crippen LogP contribution in [0.4, 0.5) is 10.1 Å². The normalized spacial score (nSPS) is 20.1. The number of carbonyl (C=O) groups excluding carboxylic acids is 1. The quantitative estimate of drug-likeness (QED) is 0.803. The number of primary sulfonamides is 1. The highest BCUT2D eigenvalue weighted by Crippen LogP contribution is 2.33. The molecule has 0 saturated carbocycles. The Kier molecular flexibility index (Phi) is 3.87. The van der Waals surface area contributed by atoms with Crippen LogP contribution >= 0.6 is 27.5 Å². The highest BCUT2D eigenvalue weighted by atomic mass is 79.9. The zero-order chi connectivity index (χ0) is 14.4. The van der Waals surface area contributed by atoms with E-state index in [9.17, 15) is 17.6 Å². The van der Waals surface area contributed by atoms with Crippen LogP contribution < -0.4 is 10.0 Å². The van der Waals surface area contributed by atoms with Gasteiger partial charge in [-0.05, 0) is 28.1 Å². The average molecular weight is 372 g/mol. The summed E-state index contributed by atoms with van der Waals surface area (Å²) in [5.41, 5.74) is -0.0515. The molecular weight excluding hydrogens is 363 g/mol. The smallest absolute Gasteiger partial charge is 0.228 e. The molecule has 2 N–H and O–H groups in total. The zero-order valence-corrected chi connectivity index (χ0v) is 12.6. The molecule has 0 aromatic heterocycles. The first kappa shape index (κ1) is 14.7. The summed E-state index contributed by atoms with van der Waals surface area (Å²) in [6, 6.07) is 2.39. The Morgan fingerprint density at radius 2 is 2.11 bits per heavy atom. The third-order valence-electron chi connectivity index (χ3n) is 2.83. The highest BCUT2D eigenvalue weighted by Gasteiger charge is 2.38. The van der Waals surface area contributed by atoms with Crippen molar-refractivity contribution in [3.8, 4) is 0 Å². The van der Waals surface area contributed by atoms with Crippen LogP contribution in [-0.2, 0) is 14.8 Å². The van der Waals surface area contributed by atoms with Gasteiger partial charge in [-0.3, -0.25) is 4.79 Å². The van der Waals surface area contributed by atoms with Crippen molar-refractivity contribution in [2.24, 2.45) is 5.14 Å². The molecule has 0 bridgehead atoms. The number of rotatable bonds is 2. The van der Waals surface area contributed by atoms with E-state index in [1.54, 1.807) is 0 Å². The lowest BCUT2D eigenvalue weighted by Gasteiger charge is -2.17. The van der Waals surface area contributed by atoms with E-state index >= 15 is 0 Å². The van der Waals surface area contributed by atoms with E-state index < -0.39 is 27.0 Å². The zero-order valence-electron chi connectivity index (χ0n) is 9.44. The maximum Gasteiger partial charge on any atom is 0.228 e. The summed E-state index contributed by atoms with van der Waals surface area (Å²) < 4.78 is 36.6. The Hall–Kier alpha value is -0.700.